The van der Waals surface area contributed by atoms with E-state index in [9.17, 15) is 0 Å². The minimum Gasteiger partial charge on any atom is -0.374 e. The van der Waals surface area contributed by atoms with Crippen molar-refractivity contribution in [3.05, 3.63) is 0 Å². The molecule has 1 saturated carbocycles. The van der Waals surface area contributed by atoms with Crippen LogP contribution in [0.2, 0.25) is 0 Å². The molecule has 0 aromatic heterocycles. The highest BCUT2D eigenvalue weighted by Crippen LogP contribution is 2.20. The molecule has 1 unspecified atom stereocenters. The van der Waals surface area contributed by atoms with Gasteiger partial charge in [-0.2, -0.15) is 0 Å². The van der Waals surface area contributed by atoms with E-state index in [1.807, 2.05) is 0 Å². The maximum absolute atomic E-state index is 5.99. The molecule has 15 heavy (non-hydrogen) atoms. The summed E-state index contributed by atoms with van der Waals surface area (Å²) in [6.45, 7) is 3.62. The summed E-state index contributed by atoms with van der Waals surface area (Å²) in [6, 6.07) is 0. The second-order valence-electron chi connectivity index (χ2n) is 4.40. The van der Waals surface area contributed by atoms with Gasteiger partial charge in [-0.25, -0.2) is 0 Å². The molecule has 0 amide bonds. The van der Waals surface area contributed by atoms with E-state index < -0.39 is 0 Å². The van der Waals surface area contributed by atoms with E-state index >= 15 is 0 Å². The Balaban J connectivity index is 2.12. The van der Waals surface area contributed by atoms with E-state index in [0.29, 0.717) is 12.6 Å². The Morgan fingerprint density at radius 2 is 2.00 bits per heavy atom. The predicted octanol–water partition coefficient (Wildman–Crippen LogP) is 2.34. The zero-order chi connectivity index (χ0) is 10.9. The topological polar surface area (TPSA) is 21.3 Å². The maximum Gasteiger partial charge on any atom is 0.0675 e. The zero-order valence-electron chi connectivity index (χ0n) is 9.80. The van der Waals surface area contributed by atoms with Gasteiger partial charge in [0.1, 0.15) is 0 Å². The molecule has 1 rings (SSSR count). The molecule has 0 aromatic carbocycles. The molecule has 1 atom stereocenters. The summed E-state index contributed by atoms with van der Waals surface area (Å²) in [5.41, 5.74) is 0. The van der Waals surface area contributed by atoms with Crippen molar-refractivity contribution >= 4 is 0 Å². The lowest BCUT2D eigenvalue weighted by Gasteiger charge is -2.21. The zero-order valence-corrected chi connectivity index (χ0v) is 9.80. The van der Waals surface area contributed by atoms with E-state index in [0.717, 1.165) is 6.54 Å². The largest absolute Gasteiger partial charge is 0.374 e. The molecule has 0 heterocycles. The Labute approximate surface area is 93.8 Å². The fourth-order valence-electron chi connectivity index (χ4n) is 2.10. The molecule has 2 nitrogen and oxygen atoms in total. The maximum atomic E-state index is 5.99. The van der Waals surface area contributed by atoms with Gasteiger partial charge in [0.25, 0.3) is 0 Å². The fourth-order valence-corrected chi connectivity index (χ4v) is 2.10. The molecule has 0 saturated heterocycles. The van der Waals surface area contributed by atoms with Crippen molar-refractivity contribution in [3.8, 4) is 12.3 Å². The summed E-state index contributed by atoms with van der Waals surface area (Å²) in [5.74, 6) is 2.57. The van der Waals surface area contributed by atoms with Crippen molar-refractivity contribution in [3.63, 3.8) is 0 Å². The van der Waals surface area contributed by atoms with Crippen LogP contribution >= 0.6 is 0 Å². The first-order valence-electron chi connectivity index (χ1n) is 6.12. The summed E-state index contributed by atoms with van der Waals surface area (Å²) in [6.07, 6.45) is 13.8. The van der Waals surface area contributed by atoms with Crippen LogP contribution in [-0.2, 0) is 4.74 Å². The van der Waals surface area contributed by atoms with Crippen LogP contribution in [-0.4, -0.2) is 25.3 Å². The molecule has 1 aliphatic carbocycles. The molecule has 1 fully saturated rings. The van der Waals surface area contributed by atoms with Crippen LogP contribution < -0.4 is 5.32 Å². The van der Waals surface area contributed by atoms with Gasteiger partial charge in [-0.15, -0.1) is 6.42 Å². The minimum atomic E-state index is 0.279. The van der Waals surface area contributed by atoms with E-state index in [4.69, 9.17) is 11.2 Å². The summed E-state index contributed by atoms with van der Waals surface area (Å²) in [7, 11) is 0. The Bertz CT molecular complexity index is 189. The summed E-state index contributed by atoms with van der Waals surface area (Å²) in [5, 5.41) is 3.18. The third kappa shape index (κ3) is 5.81. The number of ether oxygens (including phenoxy) is 1. The molecule has 1 N–H and O–H groups in total. The third-order valence-electron chi connectivity index (χ3n) is 2.89. The average Bonchev–Trinajstić information content (AvgIpc) is 2.47. The van der Waals surface area contributed by atoms with Gasteiger partial charge in [-0.1, -0.05) is 31.6 Å². The summed E-state index contributed by atoms with van der Waals surface area (Å²) >= 11 is 0. The lowest BCUT2D eigenvalue weighted by Crippen LogP contribution is -2.30. The molecular weight excluding hydrogens is 186 g/mol. The molecule has 0 aliphatic heterocycles. The number of nitrogens with one attached hydrogen (secondary N) is 1. The van der Waals surface area contributed by atoms with Crippen molar-refractivity contribution in [2.24, 2.45) is 0 Å². The Morgan fingerprint density at radius 1 is 1.33 bits per heavy atom. The van der Waals surface area contributed by atoms with Crippen molar-refractivity contribution in [1.29, 1.82) is 0 Å². The molecule has 0 bridgehead atoms. The first-order chi connectivity index (χ1) is 7.33. The van der Waals surface area contributed by atoms with Gasteiger partial charge in [0.2, 0.25) is 0 Å². The van der Waals surface area contributed by atoms with Crippen LogP contribution in [0.3, 0.4) is 0 Å². The van der Waals surface area contributed by atoms with E-state index in [1.54, 1.807) is 0 Å². The molecular formula is C13H23NO. The highest BCUT2D eigenvalue weighted by Gasteiger charge is 2.15. The Hall–Kier alpha value is -0.520. The molecule has 0 aromatic rings. The average molecular weight is 209 g/mol. The minimum absolute atomic E-state index is 0.279. The number of rotatable bonds is 5. The number of hydrogen-bond donors (Lipinski definition) is 1. The van der Waals surface area contributed by atoms with Gasteiger partial charge in [0.05, 0.1) is 18.8 Å². The summed E-state index contributed by atoms with van der Waals surface area (Å²) in [4.78, 5) is 0. The first kappa shape index (κ1) is 12.5. The van der Waals surface area contributed by atoms with Crippen molar-refractivity contribution in [1.82, 2.24) is 5.32 Å². The Kier molecular flexibility index (Phi) is 6.47. The van der Waals surface area contributed by atoms with Gasteiger partial charge < -0.3 is 10.1 Å². The Morgan fingerprint density at radius 3 is 2.60 bits per heavy atom. The molecule has 1 aliphatic rings. The predicted molar refractivity (Wildman–Crippen MR) is 63.7 cm³/mol. The second-order valence-corrected chi connectivity index (χ2v) is 4.40. The molecule has 0 spiro atoms. The van der Waals surface area contributed by atoms with Gasteiger partial charge in [0.15, 0.2) is 0 Å². The van der Waals surface area contributed by atoms with E-state index in [-0.39, 0.29) is 6.10 Å². The molecule has 0 radical (unpaired) electrons. The molecule has 86 valence electrons. The van der Waals surface area contributed by atoms with Crippen molar-refractivity contribution < 1.29 is 4.74 Å². The van der Waals surface area contributed by atoms with Crippen LogP contribution in [0.15, 0.2) is 0 Å². The molecule has 2 heteroatoms. The standard InChI is InChI=1S/C13H23NO/c1-3-10-14-11-12(2)15-13-8-6-4-5-7-9-13/h1,12-14H,4-11H2,2H3. The van der Waals surface area contributed by atoms with Crippen LogP contribution in [0.25, 0.3) is 0 Å². The van der Waals surface area contributed by atoms with E-state index in [2.05, 4.69) is 18.2 Å². The van der Waals surface area contributed by atoms with Crippen LogP contribution in [0.1, 0.15) is 45.4 Å². The SMILES string of the molecule is C#CCNCC(C)OC1CCCCCC1. The van der Waals surface area contributed by atoms with Crippen molar-refractivity contribution in [2.75, 3.05) is 13.1 Å². The summed E-state index contributed by atoms with van der Waals surface area (Å²) < 4.78 is 5.99. The van der Waals surface area contributed by atoms with Gasteiger partial charge in [-0.3, -0.25) is 0 Å². The fraction of sp³-hybridized carbons (Fsp3) is 0.846. The van der Waals surface area contributed by atoms with Gasteiger partial charge in [0, 0.05) is 6.54 Å². The lowest BCUT2D eigenvalue weighted by molar-refractivity contribution is -0.00825. The number of terminal acetylenes is 1. The third-order valence-corrected chi connectivity index (χ3v) is 2.89. The highest BCUT2D eigenvalue weighted by molar-refractivity contribution is 4.86. The smallest absolute Gasteiger partial charge is 0.0675 e. The number of hydrogen-bond acceptors (Lipinski definition) is 2. The van der Waals surface area contributed by atoms with Gasteiger partial charge in [-0.05, 0) is 19.8 Å². The second kappa shape index (κ2) is 7.73. The lowest BCUT2D eigenvalue weighted by atomic mass is 10.1. The normalized spacial score (nSPS) is 20.5. The van der Waals surface area contributed by atoms with Gasteiger partial charge >= 0.3 is 0 Å². The van der Waals surface area contributed by atoms with Crippen molar-refractivity contribution in [2.45, 2.75) is 57.7 Å². The van der Waals surface area contributed by atoms with E-state index in [1.165, 1.54) is 38.5 Å². The van der Waals surface area contributed by atoms with Crippen LogP contribution in [0, 0.1) is 12.3 Å². The van der Waals surface area contributed by atoms with Crippen LogP contribution in [0.5, 0.6) is 0 Å². The highest BCUT2D eigenvalue weighted by atomic mass is 16.5. The van der Waals surface area contributed by atoms with Crippen LogP contribution in [0.4, 0.5) is 0 Å². The first-order valence-corrected chi connectivity index (χ1v) is 6.12. The monoisotopic (exact) mass is 209 g/mol. The quantitative estimate of drug-likeness (QED) is 0.426.